The van der Waals surface area contributed by atoms with Gasteiger partial charge in [0.25, 0.3) is 0 Å². The number of aryl methyl sites for hydroxylation is 2. The van der Waals surface area contributed by atoms with Crippen molar-refractivity contribution >= 4 is 44.6 Å². The quantitative estimate of drug-likeness (QED) is 0.324. The van der Waals surface area contributed by atoms with Gasteiger partial charge in [0, 0.05) is 15.9 Å². The molecule has 1 nitrogen and oxygen atoms in total. The van der Waals surface area contributed by atoms with E-state index in [4.69, 9.17) is 0 Å². The molecule has 0 N–H and O–H groups in total. The van der Waals surface area contributed by atoms with Crippen LogP contribution in [0.4, 0.5) is 0 Å². The van der Waals surface area contributed by atoms with Crippen molar-refractivity contribution in [1.29, 1.82) is 0 Å². The predicted octanol–water partition coefficient (Wildman–Crippen LogP) is 6.25. The highest BCUT2D eigenvalue weighted by Crippen LogP contribution is 2.46. The topological polar surface area (TPSA) is 17.1 Å². The Bertz CT molecular complexity index is 1350. The maximum absolute atomic E-state index is 15.3. The predicted molar refractivity (Wildman–Crippen MR) is 130 cm³/mol. The van der Waals surface area contributed by atoms with E-state index in [0.29, 0.717) is 0 Å². The molecule has 5 rings (SSSR count). The molecule has 0 unspecified atom stereocenters. The number of hydrogen-bond donors (Lipinski definition) is 0. The molecule has 30 heavy (non-hydrogen) atoms. The van der Waals surface area contributed by atoms with Crippen LogP contribution in [0.3, 0.4) is 0 Å². The van der Waals surface area contributed by atoms with Crippen molar-refractivity contribution in [2.75, 3.05) is 0 Å². The summed E-state index contributed by atoms with van der Waals surface area (Å²) < 4.78 is 15.3. The Labute approximate surface area is 177 Å². The van der Waals surface area contributed by atoms with E-state index in [1.807, 2.05) is 54.6 Å². The monoisotopic (exact) mass is 406 g/mol. The van der Waals surface area contributed by atoms with Crippen molar-refractivity contribution in [1.82, 2.24) is 0 Å². The van der Waals surface area contributed by atoms with Crippen molar-refractivity contribution in [2.45, 2.75) is 13.8 Å². The van der Waals surface area contributed by atoms with Gasteiger partial charge in [-0.05, 0) is 52.6 Å². The first-order valence-electron chi connectivity index (χ1n) is 10.2. The van der Waals surface area contributed by atoms with E-state index < -0.39 is 7.14 Å². The highest BCUT2D eigenvalue weighted by Gasteiger charge is 2.33. The average Bonchev–Trinajstić information content (AvgIpc) is 2.79. The lowest BCUT2D eigenvalue weighted by atomic mass is 10.1. The van der Waals surface area contributed by atoms with Crippen LogP contribution in [0.2, 0.25) is 0 Å². The van der Waals surface area contributed by atoms with E-state index in [1.165, 1.54) is 5.56 Å². The van der Waals surface area contributed by atoms with Crippen LogP contribution in [0, 0.1) is 13.8 Å². The summed E-state index contributed by atoms with van der Waals surface area (Å²) in [5, 5.41) is 7.02. The van der Waals surface area contributed by atoms with Crippen molar-refractivity contribution in [2.24, 2.45) is 0 Å². The Balaban J connectivity index is 1.94. The summed E-state index contributed by atoms with van der Waals surface area (Å²) in [6, 6.07) is 35.0. The molecule has 0 radical (unpaired) electrons. The van der Waals surface area contributed by atoms with Crippen LogP contribution in [0.15, 0.2) is 103 Å². The van der Waals surface area contributed by atoms with E-state index in [0.717, 1.165) is 43.0 Å². The summed E-state index contributed by atoms with van der Waals surface area (Å²) >= 11 is 0. The summed E-state index contributed by atoms with van der Waals surface area (Å²) in [5.41, 5.74) is 2.37. The number of hydrogen-bond acceptors (Lipinski definition) is 1. The van der Waals surface area contributed by atoms with Gasteiger partial charge in [0.05, 0.1) is 0 Å². The van der Waals surface area contributed by atoms with Gasteiger partial charge < -0.3 is 4.57 Å². The normalized spacial score (nSPS) is 11.8. The number of rotatable bonds is 3. The van der Waals surface area contributed by atoms with Crippen molar-refractivity contribution in [3.05, 3.63) is 114 Å². The van der Waals surface area contributed by atoms with Crippen LogP contribution in [0.25, 0.3) is 21.5 Å². The van der Waals surface area contributed by atoms with Gasteiger partial charge in [-0.15, -0.1) is 0 Å². The molecule has 0 amide bonds. The Morgan fingerprint density at radius 3 is 1.57 bits per heavy atom. The van der Waals surface area contributed by atoms with Crippen molar-refractivity contribution in [3.8, 4) is 0 Å². The summed E-state index contributed by atoms with van der Waals surface area (Å²) in [7, 11) is -3.11. The van der Waals surface area contributed by atoms with Crippen LogP contribution in [-0.4, -0.2) is 0 Å². The number of benzene rings is 5. The molecule has 0 aromatic heterocycles. The van der Waals surface area contributed by atoms with Crippen LogP contribution in [0.5, 0.6) is 0 Å². The Hall–Kier alpha value is -3.15. The first-order chi connectivity index (χ1) is 14.6. The molecule has 0 atom stereocenters. The molecule has 0 aliphatic heterocycles. The van der Waals surface area contributed by atoms with Crippen LogP contribution in [-0.2, 0) is 4.57 Å². The molecular weight excluding hydrogens is 383 g/mol. The second-order valence-corrected chi connectivity index (χ2v) is 10.6. The molecule has 0 heterocycles. The lowest BCUT2D eigenvalue weighted by Crippen LogP contribution is -2.26. The molecule has 2 heteroatoms. The van der Waals surface area contributed by atoms with E-state index in [2.05, 4.69) is 62.4 Å². The molecule has 0 bridgehead atoms. The van der Waals surface area contributed by atoms with Gasteiger partial charge in [-0.25, -0.2) is 0 Å². The molecule has 0 saturated carbocycles. The van der Waals surface area contributed by atoms with Gasteiger partial charge in [0.2, 0.25) is 0 Å². The summed E-state index contributed by atoms with van der Waals surface area (Å²) in [4.78, 5) is 0. The highest BCUT2D eigenvalue weighted by atomic mass is 31.2. The SMILES string of the molecule is Cc1ccc(P(=O)(c2cccc3ccccc23)c2cccc3ccccc23)cc1C. The third kappa shape index (κ3) is 2.90. The van der Waals surface area contributed by atoms with Gasteiger partial charge in [0.1, 0.15) is 0 Å². The summed E-state index contributed by atoms with van der Waals surface area (Å²) in [5.74, 6) is 0. The van der Waals surface area contributed by atoms with Crippen LogP contribution in [0.1, 0.15) is 11.1 Å². The lowest BCUT2D eigenvalue weighted by molar-refractivity contribution is 0.593. The Morgan fingerprint density at radius 2 is 1.03 bits per heavy atom. The van der Waals surface area contributed by atoms with Crippen LogP contribution < -0.4 is 15.9 Å². The standard InChI is InChI=1S/C28H23OP/c1-20-17-18-24(19-21(20)2)30(29,27-15-7-11-22-9-3-5-13-25(22)27)28-16-8-12-23-10-4-6-14-26(23)28/h3-19H,1-2H3. The van der Waals surface area contributed by atoms with E-state index >= 15 is 4.57 Å². The molecule has 0 aliphatic carbocycles. The second-order valence-electron chi connectivity index (χ2n) is 7.87. The number of fused-ring (bicyclic) bond motifs is 2. The zero-order chi connectivity index (χ0) is 20.7. The lowest BCUT2D eigenvalue weighted by Gasteiger charge is -2.24. The highest BCUT2D eigenvalue weighted by molar-refractivity contribution is 7.86. The first kappa shape index (κ1) is 18.9. The molecule has 0 saturated heterocycles. The summed E-state index contributed by atoms with van der Waals surface area (Å²) in [6.07, 6.45) is 0. The minimum Gasteiger partial charge on any atom is -0.309 e. The molecule has 0 aliphatic rings. The van der Waals surface area contributed by atoms with E-state index in [1.54, 1.807) is 0 Å². The zero-order valence-corrected chi connectivity index (χ0v) is 18.1. The molecule has 146 valence electrons. The smallest absolute Gasteiger partial charge is 0.172 e. The largest absolute Gasteiger partial charge is 0.309 e. The van der Waals surface area contributed by atoms with Gasteiger partial charge in [-0.2, -0.15) is 0 Å². The fraction of sp³-hybridized carbons (Fsp3) is 0.0714. The molecule has 5 aromatic rings. The maximum Gasteiger partial charge on any atom is 0.172 e. The molecule has 0 fully saturated rings. The van der Waals surface area contributed by atoms with Crippen molar-refractivity contribution < 1.29 is 4.57 Å². The third-order valence-electron chi connectivity index (χ3n) is 6.07. The molecular formula is C28H23OP. The van der Waals surface area contributed by atoms with Crippen molar-refractivity contribution in [3.63, 3.8) is 0 Å². The van der Waals surface area contributed by atoms with Crippen LogP contribution >= 0.6 is 7.14 Å². The third-order valence-corrected chi connectivity index (χ3v) is 9.21. The molecule has 5 aromatic carbocycles. The maximum atomic E-state index is 15.3. The minimum absolute atomic E-state index is 0.887. The first-order valence-corrected chi connectivity index (χ1v) is 11.9. The Kier molecular flexibility index (Phi) is 4.57. The summed E-state index contributed by atoms with van der Waals surface area (Å²) in [6.45, 7) is 4.19. The zero-order valence-electron chi connectivity index (χ0n) is 17.2. The van der Waals surface area contributed by atoms with Gasteiger partial charge in [-0.1, -0.05) is 97.1 Å². The van der Waals surface area contributed by atoms with Gasteiger partial charge >= 0.3 is 0 Å². The van der Waals surface area contributed by atoms with E-state index in [-0.39, 0.29) is 0 Å². The fourth-order valence-corrected chi connectivity index (χ4v) is 7.45. The Morgan fingerprint density at radius 1 is 0.533 bits per heavy atom. The van der Waals surface area contributed by atoms with E-state index in [9.17, 15) is 0 Å². The van der Waals surface area contributed by atoms with Gasteiger partial charge in [0.15, 0.2) is 7.14 Å². The average molecular weight is 406 g/mol. The molecule has 0 spiro atoms. The van der Waals surface area contributed by atoms with Gasteiger partial charge in [-0.3, -0.25) is 0 Å². The second kappa shape index (κ2) is 7.27. The fourth-order valence-electron chi connectivity index (χ4n) is 4.30. The minimum atomic E-state index is -3.11.